The van der Waals surface area contributed by atoms with Crippen molar-refractivity contribution >= 4 is 34.9 Å². The first-order valence-corrected chi connectivity index (χ1v) is 13.4. The highest BCUT2D eigenvalue weighted by molar-refractivity contribution is 8.01. The van der Waals surface area contributed by atoms with E-state index in [1.54, 1.807) is 0 Å². The summed E-state index contributed by atoms with van der Waals surface area (Å²) >= 11 is 3.84. The molecule has 174 valence electrons. The molecule has 0 amide bonds. The molecule has 0 radical (unpaired) electrons. The number of aromatic nitrogens is 1. The molecule has 0 aliphatic carbocycles. The minimum absolute atomic E-state index is 0.120. The Morgan fingerprint density at radius 3 is 2.24 bits per heavy atom. The van der Waals surface area contributed by atoms with Crippen LogP contribution in [0.15, 0.2) is 64.2 Å². The maximum Gasteiger partial charge on any atom is 0.104 e. The molecule has 4 nitrogen and oxygen atoms in total. The number of thioether (sulfide) groups is 2. The predicted octanol–water partition coefficient (Wildman–Crippen LogP) is 7.24. The molecule has 0 fully saturated rings. The smallest absolute Gasteiger partial charge is 0.104 e. The molecule has 33 heavy (non-hydrogen) atoms. The second-order valence-electron chi connectivity index (χ2n) is 11.3. The average molecular weight is 479 g/mol. The molecule has 4 heterocycles. The molecule has 1 aromatic heterocycles. The number of anilines is 2. The van der Waals surface area contributed by atoms with Gasteiger partial charge in [-0.15, -0.1) is 0 Å². The molecule has 3 aliphatic heterocycles. The van der Waals surface area contributed by atoms with Crippen LogP contribution in [0.3, 0.4) is 0 Å². The van der Waals surface area contributed by atoms with Gasteiger partial charge in [0.05, 0.1) is 28.5 Å². The molecule has 3 aliphatic rings. The maximum atomic E-state index is 4.78. The number of nitrogens with one attached hydrogen (secondary N) is 2. The van der Waals surface area contributed by atoms with Crippen LogP contribution in [-0.2, 0) is 5.41 Å². The van der Waals surface area contributed by atoms with Crippen LogP contribution in [0.25, 0.3) is 0 Å². The van der Waals surface area contributed by atoms with Crippen molar-refractivity contribution in [3.8, 4) is 0 Å². The van der Waals surface area contributed by atoms with Crippen molar-refractivity contribution in [3.05, 3.63) is 65.6 Å². The molecule has 3 unspecified atom stereocenters. The first-order chi connectivity index (χ1) is 15.5. The molecule has 3 atom stereocenters. The molecule has 6 heteroatoms. The van der Waals surface area contributed by atoms with Crippen LogP contribution in [0.2, 0.25) is 0 Å². The minimum atomic E-state index is 0.120. The van der Waals surface area contributed by atoms with E-state index in [0.717, 1.165) is 5.69 Å². The fourth-order valence-corrected chi connectivity index (χ4v) is 6.67. The van der Waals surface area contributed by atoms with Crippen LogP contribution in [0.4, 0.5) is 11.4 Å². The SMILES string of the molecule is CN1C=C(C2Nc3cc4c(cc3S2)NC(C(C)(C)C)S4)C=CC1c1ccc(C(C)(C)C)cn1. The number of pyridine rings is 1. The predicted molar refractivity (Wildman–Crippen MR) is 143 cm³/mol. The highest BCUT2D eigenvalue weighted by atomic mass is 32.2. The van der Waals surface area contributed by atoms with Crippen molar-refractivity contribution in [1.82, 2.24) is 9.88 Å². The lowest BCUT2D eigenvalue weighted by Crippen LogP contribution is -2.27. The van der Waals surface area contributed by atoms with Gasteiger partial charge in [-0.25, -0.2) is 0 Å². The van der Waals surface area contributed by atoms with Crippen LogP contribution < -0.4 is 10.6 Å². The van der Waals surface area contributed by atoms with Crippen LogP contribution >= 0.6 is 23.5 Å². The molecular weight excluding hydrogens is 444 g/mol. The third kappa shape index (κ3) is 4.40. The van der Waals surface area contributed by atoms with Gasteiger partial charge in [-0.1, -0.05) is 83.3 Å². The fraction of sp³-hybridized carbons (Fsp3) is 0.444. The number of hydrogen-bond donors (Lipinski definition) is 2. The van der Waals surface area contributed by atoms with Gasteiger partial charge in [0.15, 0.2) is 0 Å². The molecule has 0 saturated heterocycles. The monoisotopic (exact) mass is 478 g/mol. The lowest BCUT2D eigenvalue weighted by molar-refractivity contribution is 0.378. The number of rotatable bonds is 2. The van der Waals surface area contributed by atoms with Gasteiger partial charge in [0.1, 0.15) is 5.37 Å². The first-order valence-electron chi connectivity index (χ1n) is 11.6. The standard InChI is InChI=1S/C27H34N4S2/c1-26(2,3)17-9-10-18(28-14-17)21-11-8-16(15-31(21)7)24-29-19-12-23-20(13-22(19)32-24)30-25(33-23)27(4,5)6/h8-15,21,24-25,29-30H,1-7H3. The summed E-state index contributed by atoms with van der Waals surface area (Å²) in [6.07, 6.45) is 8.81. The summed E-state index contributed by atoms with van der Waals surface area (Å²) in [4.78, 5) is 9.71. The number of fused-ring (bicyclic) bond motifs is 2. The molecule has 0 spiro atoms. The second kappa shape index (κ2) is 8.02. The largest absolute Gasteiger partial charge is 0.372 e. The van der Waals surface area contributed by atoms with Crippen molar-refractivity contribution in [2.24, 2.45) is 5.41 Å². The van der Waals surface area contributed by atoms with Gasteiger partial charge < -0.3 is 15.5 Å². The minimum Gasteiger partial charge on any atom is -0.372 e. The summed E-state index contributed by atoms with van der Waals surface area (Å²) in [7, 11) is 2.14. The summed E-state index contributed by atoms with van der Waals surface area (Å²) in [6.45, 7) is 13.5. The lowest BCUT2D eigenvalue weighted by atomic mass is 9.88. The highest BCUT2D eigenvalue weighted by Gasteiger charge is 2.34. The second-order valence-corrected chi connectivity index (χ2v) is 13.6. The van der Waals surface area contributed by atoms with E-state index in [2.05, 4.69) is 107 Å². The summed E-state index contributed by atoms with van der Waals surface area (Å²) in [6, 6.07) is 9.18. The quantitative estimate of drug-likeness (QED) is 0.474. The van der Waals surface area contributed by atoms with Crippen molar-refractivity contribution in [2.75, 3.05) is 17.7 Å². The Kier molecular flexibility index (Phi) is 5.52. The topological polar surface area (TPSA) is 40.2 Å². The van der Waals surface area contributed by atoms with E-state index in [0.29, 0.717) is 5.37 Å². The van der Waals surface area contributed by atoms with Crippen LogP contribution in [0.5, 0.6) is 0 Å². The zero-order valence-corrected chi connectivity index (χ0v) is 22.2. The third-order valence-corrected chi connectivity index (χ3v) is 9.32. The van der Waals surface area contributed by atoms with Crippen molar-refractivity contribution in [2.45, 2.75) is 73.5 Å². The Morgan fingerprint density at radius 2 is 1.64 bits per heavy atom. The van der Waals surface area contributed by atoms with Crippen LogP contribution in [0.1, 0.15) is 58.8 Å². The van der Waals surface area contributed by atoms with Crippen molar-refractivity contribution in [3.63, 3.8) is 0 Å². The molecule has 0 bridgehead atoms. The van der Waals surface area contributed by atoms with Gasteiger partial charge in [0, 0.05) is 34.8 Å². The van der Waals surface area contributed by atoms with Gasteiger partial charge in [-0.05, 0) is 34.6 Å². The number of hydrogen-bond acceptors (Lipinski definition) is 6. The maximum absolute atomic E-state index is 4.78. The zero-order chi connectivity index (χ0) is 23.5. The van der Waals surface area contributed by atoms with E-state index in [1.807, 2.05) is 29.7 Å². The molecular formula is C27H34N4S2. The van der Waals surface area contributed by atoms with Crippen molar-refractivity contribution < 1.29 is 0 Å². The van der Waals surface area contributed by atoms with E-state index in [-0.39, 0.29) is 22.2 Å². The van der Waals surface area contributed by atoms with E-state index >= 15 is 0 Å². The van der Waals surface area contributed by atoms with Crippen LogP contribution in [-0.4, -0.2) is 27.7 Å². The van der Waals surface area contributed by atoms with Gasteiger partial charge in [-0.2, -0.15) is 0 Å². The summed E-state index contributed by atoms with van der Waals surface area (Å²) in [5.74, 6) is 0. The Hall–Kier alpha value is -2.05. The molecule has 5 rings (SSSR count). The Labute approximate surface area is 206 Å². The molecule has 2 aromatic rings. The van der Waals surface area contributed by atoms with Crippen LogP contribution in [0, 0.1) is 5.41 Å². The molecule has 0 saturated carbocycles. The number of benzene rings is 1. The normalized spacial score (nSPS) is 24.2. The molecule has 2 N–H and O–H groups in total. The van der Waals surface area contributed by atoms with E-state index < -0.39 is 0 Å². The number of nitrogens with zero attached hydrogens (tertiary/aromatic N) is 2. The van der Waals surface area contributed by atoms with E-state index in [9.17, 15) is 0 Å². The van der Waals surface area contributed by atoms with E-state index in [1.165, 1.54) is 32.3 Å². The molecule has 1 aromatic carbocycles. The zero-order valence-electron chi connectivity index (χ0n) is 20.6. The Morgan fingerprint density at radius 1 is 0.939 bits per heavy atom. The van der Waals surface area contributed by atoms with Crippen molar-refractivity contribution in [1.29, 1.82) is 0 Å². The number of likely N-dealkylation sites (N-methyl/N-ethyl adjacent to an activating group) is 1. The van der Waals surface area contributed by atoms with Gasteiger partial charge in [-0.3, -0.25) is 4.98 Å². The Bertz CT molecular complexity index is 1090. The third-order valence-electron chi connectivity index (χ3n) is 6.45. The van der Waals surface area contributed by atoms with Gasteiger partial charge in [0.25, 0.3) is 0 Å². The highest BCUT2D eigenvalue weighted by Crippen LogP contribution is 2.51. The summed E-state index contributed by atoms with van der Waals surface area (Å²) < 4.78 is 0. The lowest BCUT2D eigenvalue weighted by Gasteiger charge is -2.30. The average Bonchev–Trinajstić information content (AvgIpc) is 3.34. The van der Waals surface area contributed by atoms with Gasteiger partial charge >= 0.3 is 0 Å². The van der Waals surface area contributed by atoms with E-state index in [4.69, 9.17) is 4.98 Å². The summed E-state index contributed by atoms with van der Waals surface area (Å²) in [5, 5.41) is 8.10. The van der Waals surface area contributed by atoms with Gasteiger partial charge in [0.2, 0.25) is 0 Å². The summed E-state index contributed by atoms with van der Waals surface area (Å²) in [5.41, 5.74) is 6.49. The first kappa shape index (κ1) is 22.7. The Balaban J connectivity index is 1.28. The fourth-order valence-electron chi connectivity index (χ4n) is 4.30.